The number of anilines is 1. The molecule has 0 radical (unpaired) electrons. The topological polar surface area (TPSA) is 75.1 Å². The van der Waals surface area contributed by atoms with Crippen molar-refractivity contribution in [3.05, 3.63) is 64.1 Å². The fourth-order valence-corrected chi connectivity index (χ4v) is 3.30. The molecular weight excluding hydrogens is 316 g/mol. The lowest BCUT2D eigenvalue weighted by Gasteiger charge is -2.17. The molecule has 1 aliphatic carbocycles. The number of fused-ring (bicyclic) bond motifs is 1. The zero-order chi connectivity index (χ0) is 17.4. The minimum absolute atomic E-state index is 0.0188. The van der Waals surface area contributed by atoms with Crippen molar-refractivity contribution in [1.29, 1.82) is 0 Å². The van der Waals surface area contributed by atoms with Gasteiger partial charge in [0.25, 0.3) is 0 Å². The van der Waals surface area contributed by atoms with E-state index in [1.165, 1.54) is 24.0 Å². The summed E-state index contributed by atoms with van der Waals surface area (Å²) in [6, 6.07) is 13.6. The molecule has 0 bridgehead atoms. The molecule has 5 nitrogen and oxygen atoms in total. The van der Waals surface area contributed by atoms with Gasteiger partial charge in [0.15, 0.2) is 5.58 Å². The number of benzene rings is 2. The maximum atomic E-state index is 12.5. The van der Waals surface area contributed by atoms with E-state index in [1.807, 2.05) is 0 Å². The quantitative estimate of drug-likeness (QED) is 0.741. The Morgan fingerprint density at radius 2 is 2.00 bits per heavy atom. The van der Waals surface area contributed by atoms with Gasteiger partial charge in [0.2, 0.25) is 5.91 Å². The lowest BCUT2D eigenvalue weighted by atomic mass is 9.90. The molecule has 3 aromatic rings. The van der Waals surface area contributed by atoms with Crippen molar-refractivity contribution >= 4 is 22.7 Å². The molecule has 1 aromatic heterocycles. The molecule has 1 amide bonds. The summed E-state index contributed by atoms with van der Waals surface area (Å²) in [6.45, 7) is 2.07. The van der Waals surface area contributed by atoms with E-state index < -0.39 is 5.76 Å². The predicted molar refractivity (Wildman–Crippen MR) is 96.7 cm³/mol. The van der Waals surface area contributed by atoms with Crippen LogP contribution in [0.25, 0.3) is 11.1 Å². The van der Waals surface area contributed by atoms with Crippen LogP contribution < -0.4 is 11.1 Å². The zero-order valence-electron chi connectivity index (χ0n) is 14.0. The van der Waals surface area contributed by atoms with E-state index in [0.29, 0.717) is 29.1 Å². The summed E-state index contributed by atoms with van der Waals surface area (Å²) in [6.07, 6.45) is 2.83. The van der Waals surface area contributed by atoms with Crippen LogP contribution in [0.15, 0.2) is 51.7 Å². The third kappa shape index (κ3) is 3.50. The third-order valence-corrected chi connectivity index (χ3v) is 4.81. The highest BCUT2D eigenvalue weighted by atomic mass is 16.4. The lowest BCUT2D eigenvalue weighted by molar-refractivity contribution is -0.116. The maximum Gasteiger partial charge on any atom is 0.417 e. The molecule has 128 valence electrons. The average Bonchev–Trinajstić information content (AvgIpc) is 3.35. The van der Waals surface area contributed by atoms with Gasteiger partial charge in [-0.05, 0) is 49.3 Å². The van der Waals surface area contributed by atoms with Gasteiger partial charge in [-0.25, -0.2) is 4.79 Å². The zero-order valence-corrected chi connectivity index (χ0v) is 14.0. The van der Waals surface area contributed by atoms with Crippen LogP contribution >= 0.6 is 0 Å². The maximum absolute atomic E-state index is 12.5. The highest BCUT2D eigenvalue weighted by Gasteiger charge is 2.33. The summed E-state index contributed by atoms with van der Waals surface area (Å²) in [5, 5.41) is 2.92. The first-order valence-corrected chi connectivity index (χ1v) is 8.58. The van der Waals surface area contributed by atoms with E-state index in [9.17, 15) is 9.59 Å². The first-order valence-electron chi connectivity index (χ1n) is 8.58. The Hall–Kier alpha value is -2.82. The van der Waals surface area contributed by atoms with Crippen LogP contribution in [0.1, 0.15) is 36.3 Å². The van der Waals surface area contributed by atoms with Crippen molar-refractivity contribution in [3.63, 3.8) is 0 Å². The number of carbonyl (C=O) groups excluding carboxylic acids is 1. The second-order valence-corrected chi connectivity index (χ2v) is 6.83. The molecule has 1 fully saturated rings. The average molecular weight is 336 g/mol. The molecule has 1 unspecified atom stereocenters. The van der Waals surface area contributed by atoms with Gasteiger partial charge in [0, 0.05) is 18.2 Å². The molecule has 0 spiro atoms. The van der Waals surface area contributed by atoms with Crippen molar-refractivity contribution in [2.45, 2.75) is 32.1 Å². The Labute approximate surface area is 145 Å². The normalized spacial score (nSPS) is 15.2. The van der Waals surface area contributed by atoms with Crippen LogP contribution in [-0.2, 0) is 4.79 Å². The van der Waals surface area contributed by atoms with Crippen LogP contribution in [-0.4, -0.2) is 10.9 Å². The van der Waals surface area contributed by atoms with Crippen molar-refractivity contribution in [2.24, 2.45) is 5.92 Å². The smallest absolute Gasteiger partial charge is 0.408 e. The number of rotatable bonds is 5. The highest BCUT2D eigenvalue weighted by Crippen LogP contribution is 2.44. The second-order valence-electron chi connectivity index (χ2n) is 6.83. The van der Waals surface area contributed by atoms with Gasteiger partial charge in [0.05, 0.1) is 5.52 Å². The van der Waals surface area contributed by atoms with Gasteiger partial charge in [-0.2, -0.15) is 0 Å². The molecule has 4 rings (SSSR count). The number of nitrogens with one attached hydrogen (secondary N) is 2. The van der Waals surface area contributed by atoms with Crippen molar-refractivity contribution in [1.82, 2.24) is 4.98 Å². The minimum Gasteiger partial charge on any atom is -0.408 e. The van der Waals surface area contributed by atoms with Crippen molar-refractivity contribution in [2.75, 3.05) is 5.32 Å². The summed E-state index contributed by atoms with van der Waals surface area (Å²) in [5.74, 6) is 0.342. The molecule has 1 aliphatic rings. The molecule has 2 aromatic carbocycles. The van der Waals surface area contributed by atoms with Gasteiger partial charge in [-0.3, -0.25) is 9.78 Å². The lowest BCUT2D eigenvalue weighted by Crippen LogP contribution is -2.16. The van der Waals surface area contributed by atoms with E-state index in [-0.39, 0.29) is 11.8 Å². The molecular formula is C20H20N2O3. The van der Waals surface area contributed by atoms with E-state index in [1.54, 1.807) is 18.2 Å². The summed E-state index contributed by atoms with van der Waals surface area (Å²) < 4.78 is 5.04. The number of H-pyrrole nitrogens is 1. The molecule has 25 heavy (non-hydrogen) atoms. The fraction of sp³-hybridized carbons (Fsp3) is 0.300. The SMILES string of the molecule is Cc1ccc(C(CC(=O)Nc2ccc3[nH]c(=O)oc3c2)C2CC2)cc1. The van der Waals surface area contributed by atoms with E-state index in [0.717, 1.165) is 0 Å². The number of carbonyl (C=O) groups is 1. The van der Waals surface area contributed by atoms with Gasteiger partial charge < -0.3 is 9.73 Å². The number of aromatic amines is 1. The Morgan fingerprint density at radius 1 is 1.24 bits per heavy atom. The Bertz CT molecular complexity index is 965. The summed E-state index contributed by atoms with van der Waals surface area (Å²) >= 11 is 0. The first-order chi connectivity index (χ1) is 12.1. The molecule has 5 heteroatoms. The van der Waals surface area contributed by atoms with Crippen LogP contribution in [0.5, 0.6) is 0 Å². The first kappa shape index (κ1) is 15.7. The van der Waals surface area contributed by atoms with Gasteiger partial charge in [-0.15, -0.1) is 0 Å². The molecule has 1 saturated carbocycles. The van der Waals surface area contributed by atoms with Crippen LogP contribution in [0.4, 0.5) is 5.69 Å². The summed E-state index contributed by atoms with van der Waals surface area (Å²) in [7, 11) is 0. The van der Waals surface area contributed by atoms with E-state index >= 15 is 0 Å². The van der Waals surface area contributed by atoms with Crippen molar-refractivity contribution in [3.8, 4) is 0 Å². The fourth-order valence-electron chi connectivity index (χ4n) is 3.30. The van der Waals surface area contributed by atoms with E-state index in [2.05, 4.69) is 41.5 Å². The van der Waals surface area contributed by atoms with Gasteiger partial charge >= 0.3 is 5.76 Å². The van der Waals surface area contributed by atoms with Crippen LogP contribution in [0.2, 0.25) is 0 Å². The molecule has 0 aliphatic heterocycles. The Morgan fingerprint density at radius 3 is 2.72 bits per heavy atom. The molecule has 2 N–H and O–H groups in total. The number of amides is 1. The standard InChI is InChI=1S/C20H20N2O3/c1-12-2-4-13(5-3-12)16(14-6-7-14)11-19(23)21-15-8-9-17-18(10-15)25-20(24)22-17/h2-5,8-10,14,16H,6-7,11H2,1H3,(H,21,23)(H,22,24). The van der Waals surface area contributed by atoms with Gasteiger partial charge in [0.1, 0.15) is 0 Å². The Balaban J connectivity index is 1.49. The molecule has 1 heterocycles. The molecule has 1 atom stereocenters. The number of hydrogen-bond donors (Lipinski definition) is 2. The Kier molecular flexibility index (Phi) is 3.92. The monoisotopic (exact) mass is 336 g/mol. The summed E-state index contributed by atoms with van der Waals surface area (Å²) in [4.78, 5) is 26.3. The van der Waals surface area contributed by atoms with E-state index in [4.69, 9.17) is 4.42 Å². The number of aryl methyl sites for hydroxylation is 1. The van der Waals surface area contributed by atoms with Crippen LogP contribution in [0, 0.1) is 12.8 Å². The number of aromatic nitrogens is 1. The predicted octanol–water partition coefficient (Wildman–Crippen LogP) is 3.95. The largest absolute Gasteiger partial charge is 0.417 e. The van der Waals surface area contributed by atoms with Gasteiger partial charge in [-0.1, -0.05) is 29.8 Å². The van der Waals surface area contributed by atoms with Crippen LogP contribution in [0.3, 0.4) is 0 Å². The number of hydrogen-bond acceptors (Lipinski definition) is 3. The third-order valence-electron chi connectivity index (χ3n) is 4.81. The summed E-state index contributed by atoms with van der Waals surface area (Å²) in [5.41, 5.74) is 4.16. The van der Waals surface area contributed by atoms with Crippen molar-refractivity contribution < 1.29 is 9.21 Å². The second kappa shape index (κ2) is 6.24. The molecule has 0 saturated heterocycles. The highest BCUT2D eigenvalue weighted by molar-refractivity contribution is 5.93. The number of oxazole rings is 1. The minimum atomic E-state index is -0.494.